The van der Waals surface area contributed by atoms with Crippen molar-refractivity contribution < 1.29 is 14.3 Å². The zero-order chi connectivity index (χ0) is 20.5. The lowest BCUT2D eigenvalue weighted by Gasteiger charge is -2.38. The third kappa shape index (κ3) is 5.59. The van der Waals surface area contributed by atoms with Gasteiger partial charge in [-0.05, 0) is 49.6 Å². The third-order valence-corrected chi connectivity index (χ3v) is 5.66. The summed E-state index contributed by atoms with van der Waals surface area (Å²) in [6, 6.07) is 17.4. The van der Waals surface area contributed by atoms with Gasteiger partial charge in [-0.25, -0.2) is 0 Å². The monoisotopic (exact) mass is 394 g/mol. The topological polar surface area (TPSA) is 67.4 Å². The summed E-state index contributed by atoms with van der Waals surface area (Å²) in [6.45, 7) is 3.07. The molecule has 5 nitrogen and oxygen atoms in total. The fourth-order valence-electron chi connectivity index (χ4n) is 4.05. The Hall–Kier alpha value is -2.82. The summed E-state index contributed by atoms with van der Waals surface area (Å²) in [6.07, 6.45) is 5.77. The van der Waals surface area contributed by atoms with Crippen LogP contribution in [0.15, 0.2) is 54.6 Å². The average Bonchev–Trinajstić information content (AvgIpc) is 2.78. The van der Waals surface area contributed by atoms with Gasteiger partial charge >= 0.3 is 0 Å². The highest BCUT2D eigenvalue weighted by molar-refractivity contribution is 5.96. The van der Waals surface area contributed by atoms with Crippen molar-refractivity contribution in [2.75, 3.05) is 19.7 Å². The summed E-state index contributed by atoms with van der Waals surface area (Å²) in [5, 5.41) is 5.75. The van der Waals surface area contributed by atoms with Crippen molar-refractivity contribution in [3.05, 3.63) is 65.7 Å². The van der Waals surface area contributed by atoms with Crippen molar-refractivity contribution >= 4 is 11.8 Å². The van der Waals surface area contributed by atoms with Gasteiger partial charge < -0.3 is 15.4 Å². The molecule has 1 aliphatic rings. The number of benzene rings is 2. The lowest BCUT2D eigenvalue weighted by molar-refractivity contribution is -0.120. The molecular formula is C24H30N2O3. The number of hydrogen-bond acceptors (Lipinski definition) is 3. The van der Waals surface area contributed by atoms with E-state index in [9.17, 15) is 9.59 Å². The van der Waals surface area contributed by atoms with E-state index in [1.165, 1.54) is 24.8 Å². The Kier molecular flexibility index (Phi) is 7.28. The minimum atomic E-state index is -0.265. The minimum Gasteiger partial charge on any atom is -0.494 e. The molecular weight excluding hydrogens is 364 g/mol. The van der Waals surface area contributed by atoms with Crippen LogP contribution in [0.2, 0.25) is 0 Å². The van der Waals surface area contributed by atoms with E-state index in [-0.39, 0.29) is 23.8 Å². The van der Waals surface area contributed by atoms with E-state index in [1.807, 2.05) is 13.0 Å². The zero-order valence-corrected chi connectivity index (χ0v) is 17.1. The van der Waals surface area contributed by atoms with Crippen LogP contribution < -0.4 is 15.4 Å². The SMILES string of the molecule is CCOc1ccc(C(=O)NCC(=O)NCC2(c3ccccc3)CCCCC2)cc1. The van der Waals surface area contributed by atoms with Gasteiger partial charge in [0.05, 0.1) is 13.2 Å². The number of nitrogens with one attached hydrogen (secondary N) is 2. The maximum atomic E-state index is 12.4. The maximum Gasteiger partial charge on any atom is 0.251 e. The molecule has 0 aromatic heterocycles. The van der Waals surface area contributed by atoms with Gasteiger partial charge in [0.25, 0.3) is 5.91 Å². The van der Waals surface area contributed by atoms with Crippen LogP contribution in [0.1, 0.15) is 54.9 Å². The van der Waals surface area contributed by atoms with Crippen molar-refractivity contribution in [1.82, 2.24) is 10.6 Å². The Morgan fingerprint density at radius 3 is 2.28 bits per heavy atom. The minimum absolute atomic E-state index is 0.00567. The van der Waals surface area contributed by atoms with Crippen molar-refractivity contribution in [3.63, 3.8) is 0 Å². The summed E-state index contributed by atoms with van der Waals surface area (Å²) < 4.78 is 5.38. The summed E-state index contributed by atoms with van der Waals surface area (Å²) in [5.74, 6) is 0.296. The Labute approximate surface area is 172 Å². The first-order valence-corrected chi connectivity index (χ1v) is 10.5. The normalized spacial score (nSPS) is 15.3. The zero-order valence-electron chi connectivity index (χ0n) is 17.1. The smallest absolute Gasteiger partial charge is 0.251 e. The van der Waals surface area contributed by atoms with Crippen molar-refractivity contribution in [2.24, 2.45) is 0 Å². The van der Waals surface area contributed by atoms with E-state index in [2.05, 4.69) is 34.9 Å². The van der Waals surface area contributed by atoms with Crippen LogP contribution >= 0.6 is 0 Å². The van der Waals surface area contributed by atoms with Gasteiger partial charge in [0.15, 0.2) is 0 Å². The van der Waals surface area contributed by atoms with E-state index in [4.69, 9.17) is 4.74 Å². The molecule has 0 spiro atoms. The second kappa shape index (κ2) is 10.1. The van der Waals surface area contributed by atoms with E-state index < -0.39 is 0 Å². The van der Waals surface area contributed by atoms with E-state index in [0.717, 1.165) is 18.6 Å². The molecule has 0 radical (unpaired) electrons. The van der Waals surface area contributed by atoms with E-state index in [1.54, 1.807) is 24.3 Å². The molecule has 2 N–H and O–H groups in total. The lowest BCUT2D eigenvalue weighted by Crippen LogP contribution is -2.45. The fourth-order valence-corrected chi connectivity index (χ4v) is 4.05. The predicted octanol–water partition coefficient (Wildman–Crippen LogP) is 3.83. The molecule has 0 atom stereocenters. The van der Waals surface area contributed by atoms with Crippen LogP contribution in [-0.4, -0.2) is 31.5 Å². The quantitative estimate of drug-likeness (QED) is 0.715. The predicted molar refractivity (Wildman–Crippen MR) is 114 cm³/mol. The number of ether oxygens (including phenoxy) is 1. The van der Waals surface area contributed by atoms with Gasteiger partial charge in [0, 0.05) is 17.5 Å². The molecule has 0 aliphatic heterocycles. The van der Waals surface area contributed by atoms with Crippen LogP contribution in [-0.2, 0) is 10.2 Å². The average molecular weight is 395 g/mol. The number of hydrogen-bond donors (Lipinski definition) is 2. The van der Waals surface area contributed by atoms with Crippen LogP contribution in [0, 0.1) is 0 Å². The Balaban J connectivity index is 1.52. The van der Waals surface area contributed by atoms with Crippen molar-refractivity contribution in [1.29, 1.82) is 0 Å². The highest BCUT2D eigenvalue weighted by Crippen LogP contribution is 2.38. The summed E-state index contributed by atoms with van der Waals surface area (Å²) in [7, 11) is 0. The van der Waals surface area contributed by atoms with Crippen molar-refractivity contribution in [3.8, 4) is 5.75 Å². The maximum absolute atomic E-state index is 12.4. The van der Waals surface area contributed by atoms with Gasteiger partial charge in [-0.15, -0.1) is 0 Å². The first kappa shape index (κ1) is 20.9. The Bertz CT molecular complexity index is 797. The lowest BCUT2D eigenvalue weighted by atomic mass is 9.69. The number of carbonyl (C=O) groups excluding carboxylic acids is 2. The first-order chi connectivity index (χ1) is 14.1. The molecule has 154 valence electrons. The molecule has 1 fully saturated rings. The van der Waals surface area contributed by atoms with Crippen LogP contribution in [0.3, 0.4) is 0 Å². The van der Waals surface area contributed by atoms with Crippen LogP contribution in [0.25, 0.3) is 0 Å². The van der Waals surface area contributed by atoms with Crippen LogP contribution in [0.4, 0.5) is 0 Å². The molecule has 1 saturated carbocycles. The fraction of sp³-hybridized carbons (Fsp3) is 0.417. The third-order valence-electron chi connectivity index (χ3n) is 5.66. The van der Waals surface area contributed by atoms with Gasteiger partial charge in [0.2, 0.25) is 5.91 Å². The van der Waals surface area contributed by atoms with Gasteiger partial charge in [-0.3, -0.25) is 9.59 Å². The highest BCUT2D eigenvalue weighted by Gasteiger charge is 2.34. The summed E-state index contributed by atoms with van der Waals surface area (Å²) in [5.41, 5.74) is 1.79. The highest BCUT2D eigenvalue weighted by atomic mass is 16.5. The molecule has 0 bridgehead atoms. The molecule has 29 heavy (non-hydrogen) atoms. The number of carbonyl (C=O) groups is 2. The molecule has 2 amide bonds. The van der Waals surface area contributed by atoms with Gasteiger partial charge in [-0.2, -0.15) is 0 Å². The number of rotatable bonds is 8. The second-order valence-corrected chi connectivity index (χ2v) is 7.62. The summed E-state index contributed by atoms with van der Waals surface area (Å²) in [4.78, 5) is 24.7. The standard InChI is InChI=1S/C24H30N2O3/c1-2-29-21-13-11-19(12-14-21)23(28)25-17-22(27)26-18-24(15-7-4-8-16-24)20-9-5-3-6-10-20/h3,5-6,9-14H,2,4,7-8,15-18H2,1H3,(H,25,28)(H,26,27). The van der Waals surface area contributed by atoms with E-state index >= 15 is 0 Å². The molecule has 2 aromatic rings. The molecule has 5 heteroatoms. The largest absolute Gasteiger partial charge is 0.494 e. The molecule has 0 unspecified atom stereocenters. The van der Waals surface area contributed by atoms with Gasteiger partial charge in [0.1, 0.15) is 5.75 Å². The van der Waals surface area contributed by atoms with E-state index in [0.29, 0.717) is 18.7 Å². The number of amides is 2. The Morgan fingerprint density at radius 2 is 1.62 bits per heavy atom. The molecule has 3 rings (SSSR count). The molecule has 0 saturated heterocycles. The summed E-state index contributed by atoms with van der Waals surface area (Å²) >= 11 is 0. The van der Waals surface area contributed by atoms with Crippen molar-refractivity contribution in [2.45, 2.75) is 44.4 Å². The molecule has 2 aromatic carbocycles. The van der Waals surface area contributed by atoms with Crippen LogP contribution in [0.5, 0.6) is 5.75 Å². The Morgan fingerprint density at radius 1 is 0.931 bits per heavy atom. The molecule has 0 heterocycles. The second-order valence-electron chi connectivity index (χ2n) is 7.62. The first-order valence-electron chi connectivity index (χ1n) is 10.5. The van der Waals surface area contributed by atoms with Gasteiger partial charge in [-0.1, -0.05) is 49.6 Å². The molecule has 1 aliphatic carbocycles.